The van der Waals surface area contributed by atoms with E-state index in [-0.39, 0.29) is 12.1 Å². The van der Waals surface area contributed by atoms with Crippen LogP contribution < -0.4 is 15.4 Å². The predicted octanol–water partition coefficient (Wildman–Crippen LogP) is 3.58. The van der Waals surface area contributed by atoms with Gasteiger partial charge in [0.2, 0.25) is 0 Å². The monoisotopic (exact) mass is 400 g/mol. The van der Waals surface area contributed by atoms with Crippen LogP contribution >= 0.6 is 0 Å². The molecule has 0 aliphatic carbocycles. The summed E-state index contributed by atoms with van der Waals surface area (Å²) < 4.78 is 43.3. The summed E-state index contributed by atoms with van der Waals surface area (Å²) in [5, 5.41) is 6.53. The Morgan fingerprint density at radius 3 is 2.50 bits per heavy atom. The maximum atomic E-state index is 12.5. The first-order valence-electron chi connectivity index (χ1n) is 9.68. The fraction of sp³-hybridized carbons (Fsp3) is 0.650. The van der Waals surface area contributed by atoms with Gasteiger partial charge in [0, 0.05) is 26.2 Å². The van der Waals surface area contributed by atoms with E-state index in [2.05, 4.69) is 29.5 Å². The highest BCUT2D eigenvalue weighted by molar-refractivity contribution is 5.80. The van der Waals surface area contributed by atoms with Crippen molar-refractivity contribution in [1.82, 2.24) is 15.5 Å². The van der Waals surface area contributed by atoms with E-state index in [1.54, 1.807) is 7.05 Å². The summed E-state index contributed by atoms with van der Waals surface area (Å²) in [5.74, 6) is 1.90. The highest BCUT2D eigenvalue weighted by atomic mass is 19.4. The van der Waals surface area contributed by atoms with Crippen molar-refractivity contribution in [2.75, 3.05) is 33.3 Å². The molecular formula is C20H31F3N4O. The summed E-state index contributed by atoms with van der Waals surface area (Å²) in [5.41, 5.74) is 1.07. The number of rotatable bonds is 7. The quantitative estimate of drug-likeness (QED) is 0.543. The zero-order valence-electron chi connectivity index (χ0n) is 17.0. The Morgan fingerprint density at radius 1 is 1.25 bits per heavy atom. The number of alkyl halides is 3. The molecule has 2 unspecified atom stereocenters. The second kappa shape index (κ2) is 10.0. The van der Waals surface area contributed by atoms with Crippen LogP contribution in [0.4, 0.5) is 13.2 Å². The molecule has 1 aliphatic heterocycles. The van der Waals surface area contributed by atoms with Gasteiger partial charge in [0.15, 0.2) is 5.96 Å². The van der Waals surface area contributed by atoms with Gasteiger partial charge in [0.25, 0.3) is 0 Å². The molecule has 2 N–H and O–H groups in total. The summed E-state index contributed by atoms with van der Waals surface area (Å²) >= 11 is 0. The third-order valence-electron chi connectivity index (χ3n) is 4.56. The van der Waals surface area contributed by atoms with E-state index in [0.29, 0.717) is 38.0 Å². The van der Waals surface area contributed by atoms with Crippen molar-refractivity contribution in [3.8, 4) is 5.75 Å². The normalized spacial score (nSPS) is 19.7. The first kappa shape index (κ1) is 22.3. The second-order valence-electron chi connectivity index (χ2n) is 7.69. The van der Waals surface area contributed by atoms with Crippen molar-refractivity contribution in [1.29, 1.82) is 0 Å². The van der Waals surface area contributed by atoms with E-state index in [9.17, 15) is 13.2 Å². The van der Waals surface area contributed by atoms with Crippen LogP contribution in [0.25, 0.3) is 0 Å². The van der Waals surface area contributed by atoms with Crippen LogP contribution in [0.3, 0.4) is 0 Å². The van der Waals surface area contributed by atoms with Crippen LogP contribution in [0.15, 0.2) is 29.3 Å². The summed E-state index contributed by atoms with van der Waals surface area (Å²) in [6.45, 7) is 6.83. The molecule has 0 spiro atoms. The van der Waals surface area contributed by atoms with Gasteiger partial charge in [-0.15, -0.1) is 0 Å². The average Bonchev–Trinajstić information content (AvgIpc) is 3.04. The molecule has 1 aliphatic rings. The number of nitrogens with zero attached hydrogens (tertiary/aromatic N) is 2. The minimum Gasteiger partial charge on any atom is -0.493 e. The number of benzene rings is 1. The first-order chi connectivity index (χ1) is 13.2. The zero-order chi connectivity index (χ0) is 20.7. The molecule has 8 heteroatoms. The molecule has 1 fully saturated rings. The highest BCUT2D eigenvalue weighted by Crippen LogP contribution is 2.21. The molecule has 1 aromatic carbocycles. The minimum absolute atomic E-state index is 0.00182. The predicted molar refractivity (Wildman–Crippen MR) is 106 cm³/mol. The van der Waals surface area contributed by atoms with Crippen molar-refractivity contribution in [3.05, 3.63) is 29.8 Å². The fourth-order valence-corrected chi connectivity index (χ4v) is 3.12. The number of hydrogen-bond acceptors (Lipinski definition) is 3. The van der Waals surface area contributed by atoms with Gasteiger partial charge in [-0.3, -0.25) is 9.89 Å². The van der Waals surface area contributed by atoms with E-state index < -0.39 is 12.7 Å². The molecular weight excluding hydrogens is 369 g/mol. The lowest BCUT2D eigenvalue weighted by molar-refractivity contribution is -0.143. The number of likely N-dealkylation sites (tertiary alicyclic amines) is 1. The highest BCUT2D eigenvalue weighted by Gasteiger charge is 2.34. The molecule has 0 radical (unpaired) electrons. The van der Waals surface area contributed by atoms with E-state index in [4.69, 9.17) is 4.74 Å². The molecule has 0 bridgehead atoms. The Hall–Kier alpha value is -1.96. The van der Waals surface area contributed by atoms with E-state index in [0.717, 1.165) is 11.3 Å². The lowest BCUT2D eigenvalue weighted by Crippen LogP contribution is -2.45. The van der Waals surface area contributed by atoms with Crippen molar-refractivity contribution in [2.24, 2.45) is 10.9 Å². The van der Waals surface area contributed by atoms with E-state index in [1.807, 2.05) is 31.2 Å². The average molecular weight is 400 g/mol. The smallest absolute Gasteiger partial charge is 0.401 e. The Kier molecular flexibility index (Phi) is 7.98. The summed E-state index contributed by atoms with van der Waals surface area (Å²) in [6.07, 6.45) is -3.50. The minimum atomic E-state index is -4.16. The molecule has 0 amide bonds. The molecule has 0 aromatic heterocycles. The van der Waals surface area contributed by atoms with Crippen LogP contribution in [0.1, 0.15) is 38.8 Å². The van der Waals surface area contributed by atoms with Gasteiger partial charge in [0.05, 0.1) is 19.2 Å². The summed E-state index contributed by atoms with van der Waals surface area (Å²) in [6, 6.07) is 7.84. The number of nitrogens with one attached hydrogen (secondary N) is 2. The van der Waals surface area contributed by atoms with Crippen molar-refractivity contribution in [2.45, 2.75) is 45.5 Å². The van der Waals surface area contributed by atoms with Crippen LogP contribution in [-0.2, 0) is 0 Å². The number of aliphatic imine (C=N–C) groups is 1. The maximum absolute atomic E-state index is 12.5. The molecule has 1 saturated heterocycles. The molecule has 1 aromatic rings. The number of halogens is 3. The third-order valence-corrected chi connectivity index (χ3v) is 4.56. The fourth-order valence-electron chi connectivity index (χ4n) is 3.12. The standard InChI is InChI=1S/C20H31F3N4O/c1-14(2)12-28-18-7-5-16(6-8-18)15(3)25-19(24-4)26-17-9-10-27(11-17)13-20(21,22)23/h5-8,14-15,17H,9-13H2,1-4H3,(H2,24,25,26). The van der Waals surface area contributed by atoms with E-state index >= 15 is 0 Å². The molecule has 0 saturated carbocycles. The van der Waals surface area contributed by atoms with Crippen molar-refractivity contribution >= 4 is 5.96 Å². The van der Waals surface area contributed by atoms with Gasteiger partial charge in [-0.05, 0) is 37.0 Å². The Bertz CT molecular complexity index is 631. The largest absolute Gasteiger partial charge is 0.493 e. The van der Waals surface area contributed by atoms with Gasteiger partial charge in [-0.1, -0.05) is 26.0 Å². The Morgan fingerprint density at radius 2 is 1.93 bits per heavy atom. The molecule has 2 atom stereocenters. The molecule has 158 valence electrons. The Balaban J connectivity index is 1.84. The molecule has 28 heavy (non-hydrogen) atoms. The van der Waals surface area contributed by atoms with E-state index in [1.165, 1.54) is 4.90 Å². The van der Waals surface area contributed by atoms with Gasteiger partial charge >= 0.3 is 6.18 Å². The topological polar surface area (TPSA) is 48.9 Å². The van der Waals surface area contributed by atoms with Gasteiger partial charge in [-0.2, -0.15) is 13.2 Å². The number of guanidine groups is 1. The lowest BCUT2D eigenvalue weighted by Gasteiger charge is -2.22. The maximum Gasteiger partial charge on any atom is 0.401 e. The van der Waals surface area contributed by atoms with Crippen LogP contribution in [0.5, 0.6) is 5.75 Å². The zero-order valence-corrected chi connectivity index (χ0v) is 17.0. The third kappa shape index (κ3) is 7.58. The van der Waals surface area contributed by atoms with Crippen LogP contribution in [0, 0.1) is 5.92 Å². The van der Waals surface area contributed by atoms with Crippen molar-refractivity contribution in [3.63, 3.8) is 0 Å². The van der Waals surface area contributed by atoms with Gasteiger partial charge < -0.3 is 15.4 Å². The van der Waals surface area contributed by atoms with Crippen LogP contribution in [-0.4, -0.2) is 56.4 Å². The molecule has 5 nitrogen and oxygen atoms in total. The summed E-state index contributed by atoms with van der Waals surface area (Å²) in [7, 11) is 1.66. The SMILES string of the molecule is CN=C(NC1CCN(CC(F)(F)F)C1)NC(C)c1ccc(OCC(C)C)cc1. The summed E-state index contributed by atoms with van der Waals surface area (Å²) in [4.78, 5) is 5.63. The molecule has 2 rings (SSSR count). The number of ether oxygens (including phenoxy) is 1. The Labute approximate surface area is 165 Å². The number of hydrogen-bond donors (Lipinski definition) is 2. The van der Waals surface area contributed by atoms with Gasteiger partial charge in [-0.25, -0.2) is 0 Å². The second-order valence-corrected chi connectivity index (χ2v) is 7.69. The van der Waals surface area contributed by atoms with Crippen molar-refractivity contribution < 1.29 is 17.9 Å². The van der Waals surface area contributed by atoms with Gasteiger partial charge in [0.1, 0.15) is 5.75 Å². The lowest BCUT2D eigenvalue weighted by atomic mass is 10.1. The first-order valence-corrected chi connectivity index (χ1v) is 9.68. The molecule has 1 heterocycles. The van der Waals surface area contributed by atoms with Crippen LogP contribution in [0.2, 0.25) is 0 Å².